The first-order chi connectivity index (χ1) is 15.0. The maximum atomic E-state index is 13.6. The summed E-state index contributed by atoms with van der Waals surface area (Å²) in [6, 6.07) is 14.0. The van der Waals surface area contributed by atoms with E-state index in [0.717, 1.165) is 42.4 Å². The molecule has 6 heteroatoms. The Morgan fingerprint density at radius 1 is 1.06 bits per heavy atom. The van der Waals surface area contributed by atoms with Gasteiger partial charge < -0.3 is 15.4 Å². The fourth-order valence-corrected chi connectivity index (χ4v) is 4.78. The van der Waals surface area contributed by atoms with Crippen LogP contribution in [0.1, 0.15) is 37.7 Å². The molecule has 0 aromatic heterocycles. The quantitative estimate of drug-likeness (QED) is 0.796. The summed E-state index contributed by atoms with van der Waals surface area (Å²) in [7, 11) is 0. The first-order valence-corrected chi connectivity index (χ1v) is 11.0. The molecule has 0 spiro atoms. The van der Waals surface area contributed by atoms with Crippen LogP contribution in [0.25, 0.3) is 11.1 Å². The molecule has 2 fully saturated rings. The Morgan fingerprint density at radius 3 is 2.48 bits per heavy atom. The first kappa shape index (κ1) is 21.5. The van der Waals surface area contributed by atoms with E-state index in [-0.39, 0.29) is 37.2 Å². The van der Waals surface area contributed by atoms with Crippen LogP contribution in [0.2, 0.25) is 0 Å². The third-order valence-corrected chi connectivity index (χ3v) is 6.48. The van der Waals surface area contributed by atoms with Gasteiger partial charge in [0.05, 0.1) is 13.2 Å². The standard InChI is InChI=1S/C25H29FN2O3/c26-22-11-5-10-21(15-22)20-9-4-6-18(14-20)16-25(24(27)30)17-28(12-13-31-25)23(29)19-7-2-1-3-8-19/h4-6,9-11,14-15,19H,1-3,7-8,12-13,16-17H2,(H2,27,30)/t25-/m1/s1. The zero-order chi connectivity index (χ0) is 21.8. The molecule has 0 bridgehead atoms. The normalized spacial score (nSPS) is 22.3. The molecule has 2 aliphatic rings. The van der Waals surface area contributed by atoms with E-state index in [1.54, 1.807) is 11.0 Å². The Bertz CT molecular complexity index is 957. The van der Waals surface area contributed by atoms with Gasteiger partial charge in [-0.15, -0.1) is 0 Å². The predicted octanol–water partition coefficient (Wildman–Crippen LogP) is 3.70. The van der Waals surface area contributed by atoms with Gasteiger partial charge in [-0.2, -0.15) is 0 Å². The van der Waals surface area contributed by atoms with E-state index in [1.165, 1.54) is 18.6 Å². The average Bonchev–Trinajstić information content (AvgIpc) is 2.79. The van der Waals surface area contributed by atoms with E-state index in [1.807, 2.05) is 30.3 Å². The molecule has 164 valence electrons. The molecule has 0 unspecified atom stereocenters. The lowest BCUT2D eigenvalue weighted by Gasteiger charge is -2.42. The lowest BCUT2D eigenvalue weighted by atomic mass is 9.86. The number of nitrogens with zero attached hydrogens (tertiary/aromatic N) is 1. The second kappa shape index (κ2) is 9.18. The maximum absolute atomic E-state index is 13.6. The van der Waals surface area contributed by atoms with Gasteiger partial charge >= 0.3 is 0 Å². The molecule has 1 saturated heterocycles. The van der Waals surface area contributed by atoms with E-state index >= 15 is 0 Å². The number of morpholine rings is 1. The minimum absolute atomic E-state index is 0.0359. The third-order valence-electron chi connectivity index (χ3n) is 6.48. The highest BCUT2D eigenvalue weighted by Crippen LogP contribution is 2.30. The minimum atomic E-state index is -1.26. The molecule has 1 aliphatic carbocycles. The Hall–Kier alpha value is -2.73. The van der Waals surface area contributed by atoms with Gasteiger partial charge in [-0.05, 0) is 41.7 Å². The lowest BCUT2D eigenvalue weighted by Crippen LogP contribution is -2.61. The number of carbonyl (C=O) groups excluding carboxylic acids is 2. The van der Waals surface area contributed by atoms with Gasteiger partial charge in [0.2, 0.25) is 5.91 Å². The summed E-state index contributed by atoms with van der Waals surface area (Å²) in [5, 5.41) is 0. The van der Waals surface area contributed by atoms with E-state index in [0.29, 0.717) is 6.54 Å². The van der Waals surface area contributed by atoms with Crippen LogP contribution in [0.15, 0.2) is 48.5 Å². The molecule has 31 heavy (non-hydrogen) atoms. The van der Waals surface area contributed by atoms with Crippen molar-refractivity contribution in [1.29, 1.82) is 0 Å². The van der Waals surface area contributed by atoms with Gasteiger partial charge in [0.25, 0.3) is 5.91 Å². The average molecular weight is 425 g/mol. The minimum Gasteiger partial charge on any atom is -0.367 e. The highest BCUT2D eigenvalue weighted by Gasteiger charge is 2.44. The fourth-order valence-electron chi connectivity index (χ4n) is 4.78. The highest BCUT2D eigenvalue weighted by atomic mass is 19.1. The van der Waals surface area contributed by atoms with Crippen molar-refractivity contribution in [2.24, 2.45) is 11.7 Å². The fraction of sp³-hybridized carbons (Fsp3) is 0.440. The molecule has 2 aromatic rings. The number of benzene rings is 2. The van der Waals surface area contributed by atoms with Crippen LogP contribution in [0.5, 0.6) is 0 Å². The molecule has 1 aliphatic heterocycles. The molecular formula is C25H29FN2O3. The Balaban J connectivity index is 1.55. The van der Waals surface area contributed by atoms with Crippen LogP contribution < -0.4 is 5.73 Å². The summed E-state index contributed by atoms with van der Waals surface area (Å²) in [4.78, 5) is 27.4. The summed E-state index contributed by atoms with van der Waals surface area (Å²) in [6.07, 6.45) is 5.42. The maximum Gasteiger partial charge on any atom is 0.251 e. The zero-order valence-corrected chi connectivity index (χ0v) is 17.7. The molecule has 1 saturated carbocycles. The van der Waals surface area contributed by atoms with Gasteiger partial charge in [-0.1, -0.05) is 55.7 Å². The summed E-state index contributed by atoms with van der Waals surface area (Å²) in [5.41, 5.74) is 7.01. The summed E-state index contributed by atoms with van der Waals surface area (Å²) >= 11 is 0. The van der Waals surface area contributed by atoms with Crippen LogP contribution >= 0.6 is 0 Å². The topological polar surface area (TPSA) is 72.6 Å². The summed E-state index contributed by atoms with van der Waals surface area (Å²) < 4.78 is 19.6. The molecular weight excluding hydrogens is 395 g/mol. The van der Waals surface area contributed by atoms with Gasteiger partial charge in [0.15, 0.2) is 5.60 Å². The molecule has 5 nitrogen and oxygen atoms in total. The van der Waals surface area contributed by atoms with Crippen LogP contribution in [0.4, 0.5) is 4.39 Å². The van der Waals surface area contributed by atoms with Crippen molar-refractivity contribution in [2.45, 2.75) is 44.1 Å². The van der Waals surface area contributed by atoms with Gasteiger partial charge in [-0.3, -0.25) is 9.59 Å². The SMILES string of the molecule is NC(=O)[C@@]1(Cc2cccc(-c3cccc(F)c3)c2)CN(C(=O)C2CCCCC2)CCO1. The van der Waals surface area contributed by atoms with Crippen molar-refractivity contribution in [3.63, 3.8) is 0 Å². The molecule has 0 radical (unpaired) electrons. The van der Waals surface area contributed by atoms with Crippen molar-refractivity contribution in [1.82, 2.24) is 4.90 Å². The van der Waals surface area contributed by atoms with Crippen molar-refractivity contribution in [3.8, 4) is 11.1 Å². The molecule has 1 heterocycles. The number of amides is 2. The second-order valence-electron chi connectivity index (χ2n) is 8.69. The number of hydrogen-bond donors (Lipinski definition) is 1. The number of primary amides is 1. The Kier molecular flexibility index (Phi) is 6.37. The highest BCUT2D eigenvalue weighted by molar-refractivity contribution is 5.86. The van der Waals surface area contributed by atoms with Crippen molar-refractivity contribution >= 4 is 11.8 Å². The largest absolute Gasteiger partial charge is 0.367 e. The third kappa shape index (κ3) is 4.79. The molecule has 2 aromatic carbocycles. The smallest absolute Gasteiger partial charge is 0.251 e. The van der Waals surface area contributed by atoms with Gasteiger partial charge in [0, 0.05) is 18.9 Å². The molecule has 2 N–H and O–H groups in total. The van der Waals surface area contributed by atoms with Crippen LogP contribution in [0, 0.1) is 11.7 Å². The van der Waals surface area contributed by atoms with Crippen LogP contribution in [-0.2, 0) is 20.7 Å². The molecule has 2 amide bonds. The molecule has 4 rings (SSSR count). The van der Waals surface area contributed by atoms with Crippen molar-refractivity contribution < 1.29 is 18.7 Å². The van der Waals surface area contributed by atoms with E-state index in [9.17, 15) is 14.0 Å². The van der Waals surface area contributed by atoms with E-state index in [2.05, 4.69) is 0 Å². The lowest BCUT2D eigenvalue weighted by molar-refractivity contribution is -0.165. The summed E-state index contributed by atoms with van der Waals surface area (Å²) in [5.74, 6) is -0.718. The van der Waals surface area contributed by atoms with Crippen LogP contribution in [-0.4, -0.2) is 42.0 Å². The zero-order valence-electron chi connectivity index (χ0n) is 17.7. The molecule has 1 atom stereocenters. The number of rotatable bonds is 5. The number of hydrogen-bond acceptors (Lipinski definition) is 3. The van der Waals surface area contributed by atoms with Gasteiger partial charge in [-0.25, -0.2) is 4.39 Å². The van der Waals surface area contributed by atoms with E-state index < -0.39 is 11.5 Å². The second-order valence-corrected chi connectivity index (χ2v) is 8.69. The van der Waals surface area contributed by atoms with Crippen LogP contribution in [0.3, 0.4) is 0 Å². The Morgan fingerprint density at radius 2 is 1.77 bits per heavy atom. The monoisotopic (exact) mass is 424 g/mol. The van der Waals surface area contributed by atoms with Gasteiger partial charge in [0.1, 0.15) is 5.82 Å². The van der Waals surface area contributed by atoms with E-state index in [4.69, 9.17) is 10.5 Å². The Labute approximate surface area is 182 Å². The van der Waals surface area contributed by atoms with Crippen molar-refractivity contribution in [2.75, 3.05) is 19.7 Å². The number of halogens is 1. The predicted molar refractivity (Wildman–Crippen MR) is 117 cm³/mol. The van der Waals surface area contributed by atoms with Crippen molar-refractivity contribution in [3.05, 3.63) is 59.9 Å². The number of ether oxygens (including phenoxy) is 1. The first-order valence-electron chi connectivity index (χ1n) is 11.0. The number of nitrogens with two attached hydrogens (primary N) is 1. The summed E-state index contributed by atoms with van der Waals surface area (Å²) in [6.45, 7) is 0.931. The number of carbonyl (C=O) groups is 2.